The zero-order chi connectivity index (χ0) is 22.1. The minimum absolute atomic E-state index is 0.141. The van der Waals surface area contributed by atoms with Gasteiger partial charge < -0.3 is 15.5 Å². The Hall–Kier alpha value is -3.82. The van der Waals surface area contributed by atoms with Crippen LogP contribution >= 0.6 is 11.3 Å². The number of benzene rings is 2. The molecule has 5 rings (SSSR count). The normalized spacial score (nSPS) is 12.2. The van der Waals surface area contributed by atoms with Gasteiger partial charge in [-0.25, -0.2) is 19.3 Å². The number of hydrogen-bond donors (Lipinski definition) is 3. The van der Waals surface area contributed by atoms with E-state index in [0.717, 1.165) is 16.2 Å². The molecule has 0 spiro atoms. The highest BCUT2D eigenvalue weighted by molar-refractivity contribution is 7.15. The number of phenols is 1. The van der Waals surface area contributed by atoms with Gasteiger partial charge in [-0.1, -0.05) is 12.1 Å². The lowest BCUT2D eigenvalue weighted by Gasteiger charge is -2.13. The summed E-state index contributed by atoms with van der Waals surface area (Å²) >= 11 is 1.50. The number of anilines is 1. The molecule has 0 aliphatic heterocycles. The Morgan fingerprint density at radius 1 is 1.03 bits per heavy atom. The molecule has 1 atom stereocenters. The summed E-state index contributed by atoms with van der Waals surface area (Å²) in [6, 6.07) is 14.4. The first kappa shape index (κ1) is 20.1. The number of nitrogens with zero attached hydrogens (tertiary/aromatic N) is 4. The Morgan fingerprint density at radius 3 is 2.59 bits per heavy atom. The van der Waals surface area contributed by atoms with E-state index in [4.69, 9.17) is 4.98 Å². The Morgan fingerprint density at radius 2 is 1.81 bits per heavy atom. The molecular weight excluding hydrogens is 429 g/mol. The molecule has 3 heterocycles. The maximum Gasteiger partial charge on any atom is 0.223 e. The highest BCUT2D eigenvalue weighted by atomic mass is 32.1. The third-order valence-electron chi connectivity index (χ3n) is 5.01. The quantitative estimate of drug-likeness (QED) is 0.355. The minimum atomic E-state index is -0.795. The summed E-state index contributed by atoms with van der Waals surface area (Å²) in [6.45, 7) is 0.194. The summed E-state index contributed by atoms with van der Waals surface area (Å²) in [5, 5.41) is 24.8. The zero-order valence-corrected chi connectivity index (χ0v) is 17.5. The van der Waals surface area contributed by atoms with Crippen molar-refractivity contribution in [2.75, 3.05) is 11.9 Å². The smallest absolute Gasteiger partial charge is 0.223 e. The molecule has 0 bridgehead atoms. The van der Waals surface area contributed by atoms with Crippen LogP contribution in [-0.4, -0.2) is 36.1 Å². The fourth-order valence-corrected chi connectivity index (χ4v) is 4.13. The van der Waals surface area contributed by atoms with Crippen molar-refractivity contribution in [1.29, 1.82) is 0 Å². The third kappa shape index (κ3) is 3.91. The summed E-state index contributed by atoms with van der Waals surface area (Å²) in [4.78, 5) is 14.4. The van der Waals surface area contributed by atoms with Crippen LogP contribution in [0.2, 0.25) is 0 Å². The van der Waals surface area contributed by atoms with Crippen molar-refractivity contribution in [3.8, 4) is 28.4 Å². The van der Waals surface area contributed by atoms with Crippen molar-refractivity contribution >= 4 is 22.2 Å². The monoisotopic (exact) mass is 447 g/mol. The van der Waals surface area contributed by atoms with Gasteiger partial charge in [0.25, 0.3) is 0 Å². The average Bonchev–Trinajstić information content (AvgIpc) is 3.40. The number of hydrogen-bond acceptors (Lipinski definition) is 7. The van der Waals surface area contributed by atoms with Gasteiger partial charge in [-0.2, -0.15) is 0 Å². The summed E-state index contributed by atoms with van der Waals surface area (Å²) in [5.74, 6) is 0.190. The van der Waals surface area contributed by atoms with E-state index < -0.39 is 6.10 Å². The molecule has 2 aromatic carbocycles. The number of aromatic nitrogens is 4. The van der Waals surface area contributed by atoms with Crippen molar-refractivity contribution in [2.24, 2.45) is 0 Å². The second-order valence-electron chi connectivity index (χ2n) is 7.13. The predicted molar refractivity (Wildman–Crippen MR) is 121 cm³/mol. The molecule has 3 N–H and O–H groups in total. The van der Waals surface area contributed by atoms with Crippen LogP contribution in [0, 0.1) is 5.82 Å². The van der Waals surface area contributed by atoms with Crippen LogP contribution in [0.5, 0.6) is 5.75 Å². The van der Waals surface area contributed by atoms with E-state index in [1.165, 1.54) is 35.6 Å². The van der Waals surface area contributed by atoms with E-state index in [-0.39, 0.29) is 18.1 Å². The number of aromatic hydroxyl groups is 1. The molecule has 0 saturated carbocycles. The zero-order valence-electron chi connectivity index (χ0n) is 16.7. The van der Waals surface area contributed by atoms with Gasteiger partial charge in [0.15, 0.2) is 4.96 Å². The molecular formula is C23H18FN5O2S. The van der Waals surface area contributed by atoms with Gasteiger partial charge in [-0.15, -0.1) is 11.3 Å². The number of halogens is 1. The number of rotatable bonds is 6. The highest BCUT2D eigenvalue weighted by Gasteiger charge is 2.19. The molecule has 0 radical (unpaired) electrons. The molecule has 160 valence electrons. The maximum atomic E-state index is 13.4. The van der Waals surface area contributed by atoms with E-state index in [1.54, 1.807) is 36.5 Å². The summed E-state index contributed by atoms with van der Waals surface area (Å²) in [5.41, 5.74) is 3.57. The lowest BCUT2D eigenvalue weighted by Crippen LogP contribution is -2.14. The number of nitrogens with one attached hydrogen (secondary N) is 1. The predicted octanol–water partition coefficient (Wildman–Crippen LogP) is 4.51. The van der Waals surface area contributed by atoms with Crippen LogP contribution in [0.1, 0.15) is 11.7 Å². The second kappa shape index (κ2) is 8.37. The number of aliphatic hydroxyl groups excluding tert-OH is 1. The molecule has 0 amide bonds. The van der Waals surface area contributed by atoms with Crippen LogP contribution < -0.4 is 5.32 Å². The number of aliphatic hydroxyl groups is 1. The van der Waals surface area contributed by atoms with Gasteiger partial charge in [0.1, 0.15) is 17.3 Å². The number of thiazole rings is 1. The lowest BCUT2D eigenvalue weighted by molar-refractivity contribution is 0.191. The van der Waals surface area contributed by atoms with Gasteiger partial charge in [-0.3, -0.25) is 4.40 Å². The van der Waals surface area contributed by atoms with Gasteiger partial charge in [-0.05, 0) is 48.0 Å². The SMILES string of the molecule is Oc1ccc(C(O)CNc2nccc(-c3c(-c4ccc(F)cc4)nc4sccn34)n2)cc1. The first-order valence-corrected chi connectivity index (χ1v) is 10.7. The van der Waals surface area contributed by atoms with E-state index in [0.29, 0.717) is 22.9 Å². The highest BCUT2D eigenvalue weighted by Crippen LogP contribution is 2.33. The molecule has 7 nitrogen and oxygen atoms in total. The maximum absolute atomic E-state index is 13.4. The lowest BCUT2D eigenvalue weighted by atomic mass is 10.1. The van der Waals surface area contributed by atoms with Crippen LogP contribution in [0.4, 0.5) is 10.3 Å². The van der Waals surface area contributed by atoms with E-state index >= 15 is 0 Å². The molecule has 3 aromatic heterocycles. The van der Waals surface area contributed by atoms with Gasteiger partial charge in [0.05, 0.1) is 17.5 Å². The standard InChI is InChI=1S/C23H18FN5O2S/c24-16-5-1-15(2-6-16)20-21(29-11-12-32-23(29)28-20)18-9-10-25-22(27-18)26-13-19(31)14-3-7-17(30)8-4-14/h1-12,19,30-31H,13H2,(H,25,26,27). The van der Waals surface area contributed by atoms with Crippen molar-refractivity contribution in [1.82, 2.24) is 19.4 Å². The van der Waals surface area contributed by atoms with E-state index in [9.17, 15) is 14.6 Å². The van der Waals surface area contributed by atoms with Crippen molar-refractivity contribution < 1.29 is 14.6 Å². The summed E-state index contributed by atoms with van der Waals surface area (Å²) in [6.07, 6.45) is 2.76. The average molecular weight is 447 g/mol. The Balaban J connectivity index is 1.45. The van der Waals surface area contributed by atoms with Crippen LogP contribution in [0.15, 0.2) is 72.4 Å². The molecule has 0 saturated heterocycles. The Labute approximate surface area is 186 Å². The molecule has 32 heavy (non-hydrogen) atoms. The topological polar surface area (TPSA) is 95.6 Å². The minimum Gasteiger partial charge on any atom is -0.508 e. The fraction of sp³-hybridized carbons (Fsp3) is 0.0870. The van der Waals surface area contributed by atoms with Crippen LogP contribution in [-0.2, 0) is 0 Å². The van der Waals surface area contributed by atoms with Crippen LogP contribution in [0.3, 0.4) is 0 Å². The first-order valence-electron chi connectivity index (χ1n) is 9.84. The van der Waals surface area contributed by atoms with Gasteiger partial charge in [0, 0.05) is 29.9 Å². The fourth-order valence-electron chi connectivity index (χ4n) is 3.42. The van der Waals surface area contributed by atoms with Crippen molar-refractivity contribution in [3.63, 3.8) is 0 Å². The molecule has 0 aliphatic rings. The van der Waals surface area contributed by atoms with Crippen molar-refractivity contribution in [2.45, 2.75) is 6.10 Å². The Bertz CT molecular complexity index is 1370. The Kier molecular flexibility index (Phi) is 5.26. The largest absolute Gasteiger partial charge is 0.508 e. The molecule has 0 aliphatic carbocycles. The molecule has 9 heteroatoms. The second-order valence-corrected chi connectivity index (χ2v) is 8.00. The molecule has 5 aromatic rings. The van der Waals surface area contributed by atoms with E-state index in [1.807, 2.05) is 16.0 Å². The van der Waals surface area contributed by atoms with Gasteiger partial charge >= 0.3 is 0 Å². The van der Waals surface area contributed by atoms with E-state index in [2.05, 4.69) is 15.3 Å². The first-order chi connectivity index (χ1) is 15.6. The van der Waals surface area contributed by atoms with Crippen LogP contribution in [0.25, 0.3) is 27.6 Å². The number of phenolic OH excluding ortho intramolecular Hbond substituents is 1. The summed E-state index contributed by atoms with van der Waals surface area (Å²) in [7, 11) is 0. The van der Waals surface area contributed by atoms with Gasteiger partial charge in [0.2, 0.25) is 5.95 Å². The summed E-state index contributed by atoms with van der Waals surface area (Å²) < 4.78 is 15.4. The molecule has 0 fully saturated rings. The number of fused-ring (bicyclic) bond motifs is 1. The number of imidazole rings is 1. The van der Waals surface area contributed by atoms with Crippen molar-refractivity contribution in [3.05, 3.63) is 83.8 Å². The third-order valence-corrected chi connectivity index (χ3v) is 5.77. The molecule has 1 unspecified atom stereocenters.